The van der Waals surface area contributed by atoms with Crippen LogP contribution in [0.15, 0.2) is 40.8 Å². The number of furan rings is 1. The van der Waals surface area contributed by atoms with E-state index < -0.39 is 0 Å². The van der Waals surface area contributed by atoms with Gasteiger partial charge in [0.05, 0.1) is 6.54 Å². The van der Waals surface area contributed by atoms with Crippen LogP contribution in [-0.2, 0) is 11.3 Å². The van der Waals surface area contributed by atoms with Crippen molar-refractivity contribution in [1.82, 2.24) is 5.32 Å². The summed E-state index contributed by atoms with van der Waals surface area (Å²) in [5.41, 5.74) is 0.939. The van der Waals surface area contributed by atoms with Crippen LogP contribution in [0.5, 0.6) is 0 Å². The minimum absolute atomic E-state index is 0.0508. The Labute approximate surface area is 115 Å². The van der Waals surface area contributed by atoms with Gasteiger partial charge in [-0.1, -0.05) is 11.6 Å². The molecule has 0 saturated carbocycles. The Kier molecular flexibility index (Phi) is 4.28. The van der Waals surface area contributed by atoms with Crippen LogP contribution in [0, 0.1) is 0 Å². The molecule has 2 rings (SSSR count). The summed E-state index contributed by atoms with van der Waals surface area (Å²) in [5.74, 6) is 1.14. The Bertz CT molecular complexity index is 534. The number of halogens is 2. The van der Waals surface area contributed by atoms with Gasteiger partial charge in [-0.25, -0.2) is 0 Å². The SMILES string of the molecule is O=C(CCl)NCc1ccc(-c2ccc(Cl)cc2)o1. The first-order chi connectivity index (χ1) is 8.69. The smallest absolute Gasteiger partial charge is 0.235 e. The molecule has 0 bridgehead atoms. The topological polar surface area (TPSA) is 42.2 Å². The molecule has 0 aliphatic heterocycles. The molecule has 0 unspecified atom stereocenters. The lowest BCUT2D eigenvalue weighted by molar-refractivity contribution is -0.118. The van der Waals surface area contributed by atoms with E-state index in [1.165, 1.54) is 0 Å². The fraction of sp³-hybridized carbons (Fsp3) is 0.154. The zero-order valence-electron chi connectivity index (χ0n) is 9.45. The Balaban J connectivity index is 2.06. The molecule has 0 aliphatic rings. The fourth-order valence-electron chi connectivity index (χ4n) is 1.48. The van der Waals surface area contributed by atoms with Gasteiger partial charge in [-0.05, 0) is 36.4 Å². The quantitative estimate of drug-likeness (QED) is 0.874. The van der Waals surface area contributed by atoms with Gasteiger partial charge in [0.2, 0.25) is 5.91 Å². The van der Waals surface area contributed by atoms with Crippen LogP contribution in [0.25, 0.3) is 11.3 Å². The number of nitrogens with one attached hydrogen (secondary N) is 1. The van der Waals surface area contributed by atoms with Gasteiger partial charge in [0.15, 0.2) is 0 Å². The van der Waals surface area contributed by atoms with E-state index in [9.17, 15) is 4.79 Å². The van der Waals surface area contributed by atoms with Crippen molar-refractivity contribution in [2.75, 3.05) is 5.88 Å². The average molecular weight is 284 g/mol. The Morgan fingerprint density at radius 1 is 1.17 bits per heavy atom. The van der Waals surface area contributed by atoms with E-state index >= 15 is 0 Å². The number of hydrogen-bond acceptors (Lipinski definition) is 2. The van der Waals surface area contributed by atoms with Crippen LogP contribution in [0.3, 0.4) is 0 Å². The zero-order chi connectivity index (χ0) is 13.0. The normalized spacial score (nSPS) is 10.3. The molecule has 1 heterocycles. The highest BCUT2D eigenvalue weighted by Crippen LogP contribution is 2.23. The van der Waals surface area contributed by atoms with Crippen LogP contribution >= 0.6 is 23.2 Å². The van der Waals surface area contributed by atoms with Gasteiger partial charge >= 0.3 is 0 Å². The van der Waals surface area contributed by atoms with Crippen LogP contribution in [0.1, 0.15) is 5.76 Å². The van der Waals surface area contributed by atoms with Crippen LogP contribution in [0.4, 0.5) is 0 Å². The summed E-state index contributed by atoms with van der Waals surface area (Å²) < 4.78 is 5.60. The fourth-order valence-corrected chi connectivity index (χ4v) is 1.70. The second-order valence-electron chi connectivity index (χ2n) is 3.68. The maximum absolute atomic E-state index is 11.0. The van der Waals surface area contributed by atoms with Gasteiger partial charge in [-0.2, -0.15) is 0 Å². The van der Waals surface area contributed by atoms with Gasteiger partial charge < -0.3 is 9.73 Å². The maximum Gasteiger partial charge on any atom is 0.235 e. The highest BCUT2D eigenvalue weighted by Gasteiger charge is 2.06. The Morgan fingerprint density at radius 3 is 2.56 bits per heavy atom. The van der Waals surface area contributed by atoms with Crippen molar-refractivity contribution in [1.29, 1.82) is 0 Å². The Morgan fingerprint density at radius 2 is 1.89 bits per heavy atom. The van der Waals surface area contributed by atoms with E-state index in [0.29, 0.717) is 17.3 Å². The molecular weight excluding hydrogens is 273 g/mol. The lowest BCUT2D eigenvalue weighted by Gasteiger charge is -2.00. The van der Waals surface area contributed by atoms with Gasteiger partial charge in [0, 0.05) is 10.6 Å². The molecule has 0 saturated heterocycles. The molecule has 3 nitrogen and oxygen atoms in total. The molecular formula is C13H11Cl2NO2. The first-order valence-electron chi connectivity index (χ1n) is 5.36. The minimum atomic E-state index is -0.221. The largest absolute Gasteiger partial charge is 0.459 e. The molecule has 5 heteroatoms. The summed E-state index contributed by atoms with van der Waals surface area (Å²) >= 11 is 11.2. The third-order valence-corrected chi connectivity index (χ3v) is 2.87. The molecule has 0 spiro atoms. The van der Waals surface area contributed by atoms with Gasteiger partial charge in [0.1, 0.15) is 17.4 Å². The van der Waals surface area contributed by atoms with E-state index in [-0.39, 0.29) is 11.8 Å². The van der Waals surface area contributed by atoms with Gasteiger partial charge in [-0.15, -0.1) is 11.6 Å². The van der Waals surface area contributed by atoms with E-state index in [1.807, 2.05) is 24.3 Å². The summed E-state index contributed by atoms with van der Waals surface area (Å²) in [5, 5.41) is 3.32. The number of benzene rings is 1. The Hall–Kier alpha value is -1.45. The van der Waals surface area contributed by atoms with E-state index in [0.717, 1.165) is 11.3 Å². The average Bonchev–Trinajstić information content (AvgIpc) is 2.85. The van der Waals surface area contributed by atoms with Crippen LogP contribution < -0.4 is 5.32 Å². The summed E-state index contributed by atoms with van der Waals surface area (Å²) in [7, 11) is 0. The molecule has 2 aromatic rings. The summed E-state index contributed by atoms with van der Waals surface area (Å²) in [6.45, 7) is 0.332. The zero-order valence-corrected chi connectivity index (χ0v) is 11.0. The van der Waals surface area contributed by atoms with Crippen molar-refractivity contribution >= 4 is 29.1 Å². The number of rotatable bonds is 4. The number of carbonyl (C=O) groups excluding carboxylic acids is 1. The molecule has 18 heavy (non-hydrogen) atoms. The first-order valence-corrected chi connectivity index (χ1v) is 6.27. The lowest BCUT2D eigenvalue weighted by Crippen LogP contribution is -2.23. The predicted molar refractivity (Wildman–Crippen MR) is 71.7 cm³/mol. The highest BCUT2D eigenvalue weighted by atomic mass is 35.5. The van der Waals surface area contributed by atoms with Crippen molar-refractivity contribution < 1.29 is 9.21 Å². The second-order valence-corrected chi connectivity index (χ2v) is 4.39. The van der Waals surface area contributed by atoms with Crippen molar-refractivity contribution in [3.8, 4) is 11.3 Å². The van der Waals surface area contributed by atoms with Crippen molar-refractivity contribution in [3.63, 3.8) is 0 Å². The van der Waals surface area contributed by atoms with Crippen molar-refractivity contribution in [3.05, 3.63) is 47.2 Å². The lowest BCUT2D eigenvalue weighted by atomic mass is 10.2. The van der Waals surface area contributed by atoms with Crippen molar-refractivity contribution in [2.45, 2.75) is 6.54 Å². The maximum atomic E-state index is 11.0. The monoisotopic (exact) mass is 283 g/mol. The van der Waals surface area contributed by atoms with Crippen LogP contribution in [0.2, 0.25) is 5.02 Å². The first kappa shape index (κ1) is 13.0. The molecule has 0 radical (unpaired) electrons. The number of hydrogen-bond donors (Lipinski definition) is 1. The molecule has 1 aromatic heterocycles. The molecule has 0 atom stereocenters. The predicted octanol–water partition coefficient (Wildman–Crippen LogP) is 3.46. The molecule has 1 aromatic carbocycles. The van der Waals surface area contributed by atoms with Crippen molar-refractivity contribution in [2.24, 2.45) is 0 Å². The number of amides is 1. The van der Waals surface area contributed by atoms with E-state index in [2.05, 4.69) is 5.32 Å². The summed E-state index contributed by atoms with van der Waals surface area (Å²) in [4.78, 5) is 11.0. The third kappa shape index (κ3) is 3.28. The minimum Gasteiger partial charge on any atom is -0.459 e. The van der Waals surface area contributed by atoms with Gasteiger partial charge in [-0.3, -0.25) is 4.79 Å². The van der Waals surface area contributed by atoms with E-state index in [4.69, 9.17) is 27.6 Å². The van der Waals surface area contributed by atoms with Gasteiger partial charge in [0.25, 0.3) is 0 Å². The standard InChI is InChI=1S/C13H11Cl2NO2/c14-7-13(17)16-8-11-5-6-12(18-11)9-1-3-10(15)4-2-9/h1-6H,7-8H2,(H,16,17). The number of carbonyl (C=O) groups is 1. The molecule has 0 aliphatic carbocycles. The molecule has 94 valence electrons. The second kappa shape index (κ2) is 5.94. The summed E-state index contributed by atoms with van der Waals surface area (Å²) in [6, 6.07) is 11.0. The molecule has 1 amide bonds. The van der Waals surface area contributed by atoms with E-state index in [1.54, 1.807) is 12.1 Å². The third-order valence-electron chi connectivity index (χ3n) is 2.37. The molecule has 0 fully saturated rings. The number of alkyl halides is 1. The van der Waals surface area contributed by atoms with Crippen LogP contribution in [-0.4, -0.2) is 11.8 Å². The molecule has 1 N–H and O–H groups in total. The summed E-state index contributed by atoms with van der Waals surface area (Å²) in [6.07, 6.45) is 0. The highest BCUT2D eigenvalue weighted by molar-refractivity contribution is 6.30.